The predicted octanol–water partition coefficient (Wildman–Crippen LogP) is 5.67. The maximum Gasteiger partial charge on any atom is 0.251 e. The van der Waals surface area contributed by atoms with Crippen molar-refractivity contribution in [1.82, 2.24) is 10.5 Å². The summed E-state index contributed by atoms with van der Waals surface area (Å²) in [5, 5.41) is 7.91. The molecule has 0 saturated carbocycles. The molecule has 0 aliphatic heterocycles. The Morgan fingerprint density at radius 3 is 2.68 bits per heavy atom. The summed E-state index contributed by atoms with van der Waals surface area (Å²) in [6.07, 6.45) is 0. The molecule has 1 atom stereocenters. The fraction of sp³-hybridized carbons (Fsp3) is 0.238. The molecule has 0 radical (unpaired) electrons. The van der Waals surface area contributed by atoms with Crippen LogP contribution in [0.15, 0.2) is 47.0 Å². The first kappa shape index (κ1) is 20.2. The van der Waals surface area contributed by atoms with Crippen LogP contribution in [0, 0.1) is 13.8 Å². The molecule has 1 amide bonds. The van der Waals surface area contributed by atoms with Crippen LogP contribution < -0.4 is 10.1 Å². The number of hydrogen-bond acceptors (Lipinski definition) is 4. The number of aromatic nitrogens is 1. The molecule has 1 aromatic heterocycles. The van der Waals surface area contributed by atoms with Gasteiger partial charge in [-0.25, -0.2) is 0 Å². The number of nitrogens with one attached hydrogen (secondary N) is 1. The lowest BCUT2D eigenvalue weighted by molar-refractivity contribution is 0.0939. The van der Waals surface area contributed by atoms with Gasteiger partial charge in [0, 0.05) is 15.6 Å². The van der Waals surface area contributed by atoms with Crippen LogP contribution in [0.2, 0.25) is 10.0 Å². The average Bonchev–Trinajstić information content (AvgIpc) is 2.98. The van der Waals surface area contributed by atoms with Crippen LogP contribution in [0.25, 0.3) is 0 Å². The molecule has 0 aliphatic carbocycles. The molecule has 1 N–H and O–H groups in total. The first-order valence-electron chi connectivity index (χ1n) is 8.75. The molecule has 0 unspecified atom stereocenters. The standard InChI is InChI=1S/C21H20Cl2N2O3/c1-12(18-8-7-16(22)10-20(18)23)24-21(26)15-5-4-6-17(9-15)27-11-19-13(2)25-28-14(19)3/h4-10,12H,11H2,1-3H3,(H,24,26)/t12-/m1/s1. The number of halogens is 2. The van der Waals surface area contributed by atoms with Crippen molar-refractivity contribution in [3.63, 3.8) is 0 Å². The number of carbonyl (C=O) groups is 1. The summed E-state index contributed by atoms with van der Waals surface area (Å²) in [7, 11) is 0. The highest BCUT2D eigenvalue weighted by molar-refractivity contribution is 6.35. The van der Waals surface area contributed by atoms with Crippen molar-refractivity contribution in [2.24, 2.45) is 0 Å². The van der Waals surface area contributed by atoms with E-state index in [-0.39, 0.29) is 11.9 Å². The van der Waals surface area contributed by atoms with Crippen LogP contribution in [0.3, 0.4) is 0 Å². The first-order valence-corrected chi connectivity index (χ1v) is 9.51. The van der Waals surface area contributed by atoms with Gasteiger partial charge in [-0.1, -0.05) is 40.5 Å². The lowest BCUT2D eigenvalue weighted by atomic mass is 10.1. The predicted molar refractivity (Wildman–Crippen MR) is 109 cm³/mol. The molecule has 0 bridgehead atoms. The summed E-state index contributed by atoms with van der Waals surface area (Å²) in [4.78, 5) is 12.6. The lowest BCUT2D eigenvalue weighted by Crippen LogP contribution is -2.26. The maximum atomic E-state index is 12.6. The van der Waals surface area contributed by atoms with Crippen LogP contribution in [0.4, 0.5) is 0 Å². The summed E-state index contributed by atoms with van der Waals surface area (Å²) in [5.74, 6) is 1.09. The van der Waals surface area contributed by atoms with Gasteiger partial charge in [0.15, 0.2) is 0 Å². The molecule has 7 heteroatoms. The van der Waals surface area contributed by atoms with Crippen molar-refractivity contribution in [1.29, 1.82) is 0 Å². The van der Waals surface area contributed by atoms with E-state index in [1.54, 1.807) is 42.5 Å². The molecular formula is C21H20Cl2N2O3. The molecule has 3 rings (SSSR count). The normalized spacial score (nSPS) is 11.9. The van der Waals surface area contributed by atoms with Crippen LogP contribution in [0.1, 0.15) is 45.9 Å². The van der Waals surface area contributed by atoms with E-state index < -0.39 is 0 Å². The van der Waals surface area contributed by atoms with Crippen molar-refractivity contribution in [2.75, 3.05) is 0 Å². The SMILES string of the molecule is Cc1noc(C)c1COc1cccc(C(=O)N[C@H](C)c2ccc(Cl)cc2Cl)c1. The zero-order valence-corrected chi connectivity index (χ0v) is 17.3. The van der Waals surface area contributed by atoms with Crippen molar-refractivity contribution in [3.05, 3.63) is 80.7 Å². The van der Waals surface area contributed by atoms with E-state index in [0.717, 1.165) is 22.6 Å². The van der Waals surface area contributed by atoms with E-state index in [1.165, 1.54) is 0 Å². The number of amides is 1. The maximum absolute atomic E-state index is 12.6. The van der Waals surface area contributed by atoms with Crippen molar-refractivity contribution < 1.29 is 14.1 Å². The third kappa shape index (κ3) is 4.66. The first-order chi connectivity index (χ1) is 13.3. The van der Waals surface area contributed by atoms with E-state index in [4.69, 9.17) is 32.5 Å². The fourth-order valence-corrected chi connectivity index (χ4v) is 3.37. The summed E-state index contributed by atoms with van der Waals surface area (Å²) >= 11 is 12.2. The summed E-state index contributed by atoms with van der Waals surface area (Å²) in [5.41, 5.74) is 2.99. The van der Waals surface area contributed by atoms with Crippen LogP contribution in [-0.2, 0) is 6.61 Å². The Kier molecular flexibility index (Phi) is 6.27. The minimum atomic E-state index is -0.274. The number of ether oxygens (including phenoxy) is 1. The molecule has 0 saturated heterocycles. The molecule has 2 aromatic carbocycles. The number of benzene rings is 2. The van der Waals surface area contributed by atoms with Gasteiger partial charge in [0.2, 0.25) is 0 Å². The van der Waals surface area contributed by atoms with Gasteiger partial charge in [-0.3, -0.25) is 4.79 Å². The largest absolute Gasteiger partial charge is 0.489 e. The van der Waals surface area contributed by atoms with Gasteiger partial charge in [-0.2, -0.15) is 0 Å². The fourth-order valence-electron chi connectivity index (χ4n) is 2.80. The van der Waals surface area contributed by atoms with E-state index >= 15 is 0 Å². The molecule has 0 fully saturated rings. The minimum Gasteiger partial charge on any atom is -0.489 e. The second-order valence-corrected chi connectivity index (χ2v) is 7.32. The van der Waals surface area contributed by atoms with Gasteiger partial charge in [0.05, 0.1) is 17.3 Å². The molecule has 5 nitrogen and oxygen atoms in total. The Balaban J connectivity index is 1.68. The number of aryl methyl sites for hydroxylation is 2. The highest BCUT2D eigenvalue weighted by Crippen LogP contribution is 2.26. The Morgan fingerprint density at radius 1 is 1.21 bits per heavy atom. The second-order valence-electron chi connectivity index (χ2n) is 6.48. The number of hydrogen-bond donors (Lipinski definition) is 1. The van der Waals surface area contributed by atoms with E-state index in [0.29, 0.717) is 28.0 Å². The Hall–Kier alpha value is -2.50. The quantitative estimate of drug-likeness (QED) is 0.559. The third-order valence-corrected chi connectivity index (χ3v) is 5.00. The van der Waals surface area contributed by atoms with E-state index in [9.17, 15) is 4.79 Å². The van der Waals surface area contributed by atoms with Crippen LogP contribution >= 0.6 is 23.2 Å². The summed E-state index contributed by atoms with van der Waals surface area (Å²) in [6, 6.07) is 11.9. The number of nitrogens with zero attached hydrogens (tertiary/aromatic N) is 1. The Bertz CT molecular complexity index is 982. The number of rotatable bonds is 6. The highest BCUT2D eigenvalue weighted by atomic mass is 35.5. The van der Waals surface area contributed by atoms with E-state index in [1.807, 2.05) is 20.8 Å². The van der Waals surface area contributed by atoms with Gasteiger partial charge in [-0.15, -0.1) is 0 Å². The minimum absolute atomic E-state index is 0.221. The zero-order chi connectivity index (χ0) is 20.3. The molecule has 146 valence electrons. The van der Waals surface area contributed by atoms with Gasteiger partial charge in [0.1, 0.15) is 18.1 Å². The van der Waals surface area contributed by atoms with Crippen LogP contribution in [-0.4, -0.2) is 11.1 Å². The lowest BCUT2D eigenvalue weighted by Gasteiger charge is -2.16. The molecule has 28 heavy (non-hydrogen) atoms. The Labute approximate surface area is 173 Å². The van der Waals surface area contributed by atoms with Gasteiger partial charge in [-0.05, 0) is 56.7 Å². The highest BCUT2D eigenvalue weighted by Gasteiger charge is 2.15. The van der Waals surface area contributed by atoms with Crippen LogP contribution in [0.5, 0.6) is 5.75 Å². The van der Waals surface area contributed by atoms with Gasteiger partial charge < -0.3 is 14.6 Å². The smallest absolute Gasteiger partial charge is 0.251 e. The average molecular weight is 419 g/mol. The molecule has 1 heterocycles. The number of carbonyl (C=O) groups excluding carboxylic acids is 1. The van der Waals surface area contributed by atoms with E-state index in [2.05, 4.69) is 10.5 Å². The van der Waals surface area contributed by atoms with Crippen molar-refractivity contribution >= 4 is 29.1 Å². The molecule has 3 aromatic rings. The summed E-state index contributed by atoms with van der Waals surface area (Å²) < 4.78 is 10.9. The van der Waals surface area contributed by atoms with Crippen molar-refractivity contribution in [3.8, 4) is 5.75 Å². The second kappa shape index (κ2) is 8.67. The monoisotopic (exact) mass is 418 g/mol. The Morgan fingerprint density at radius 2 is 2.00 bits per heavy atom. The molecule has 0 spiro atoms. The molecule has 0 aliphatic rings. The molecular weight excluding hydrogens is 399 g/mol. The van der Waals surface area contributed by atoms with Crippen molar-refractivity contribution in [2.45, 2.75) is 33.4 Å². The summed E-state index contributed by atoms with van der Waals surface area (Å²) in [6.45, 7) is 5.89. The van der Waals surface area contributed by atoms with Gasteiger partial charge >= 0.3 is 0 Å². The zero-order valence-electron chi connectivity index (χ0n) is 15.8. The van der Waals surface area contributed by atoms with Gasteiger partial charge in [0.25, 0.3) is 5.91 Å². The third-order valence-electron chi connectivity index (χ3n) is 4.44. The topological polar surface area (TPSA) is 64.4 Å².